The number of nitrogens with one attached hydrogen (secondary N) is 1. The first kappa shape index (κ1) is 17.4. The lowest BCUT2D eigenvalue weighted by molar-refractivity contribution is 1.07. The largest absolute Gasteiger partial charge is 0.364 e. The Bertz CT molecular complexity index is 821. The molecule has 5 nitrogen and oxygen atoms in total. The average molecular weight is 319 g/mol. The quantitative estimate of drug-likeness (QED) is 0.669. The smallest absolute Gasteiger partial charge is 0.183 e. The molecular formula is C19H21N5. The molecule has 2 rings (SSSR count). The molecule has 0 unspecified atom stereocenters. The summed E-state index contributed by atoms with van der Waals surface area (Å²) in [5, 5.41) is 12.3. The second-order valence-electron chi connectivity index (χ2n) is 5.68. The van der Waals surface area contributed by atoms with Gasteiger partial charge in [0.25, 0.3) is 0 Å². The number of aryl methyl sites for hydroxylation is 4. The number of nitriles is 1. The van der Waals surface area contributed by atoms with Crippen molar-refractivity contribution in [2.24, 2.45) is 4.99 Å². The van der Waals surface area contributed by atoms with Crippen LogP contribution in [-0.2, 0) is 0 Å². The van der Waals surface area contributed by atoms with E-state index >= 15 is 0 Å². The molecule has 0 radical (unpaired) electrons. The van der Waals surface area contributed by atoms with Gasteiger partial charge in [-0.15, -0.1) is 6.58 Å². The highest BCUT2D eigenvalue weighted by molar-refractivity contribution is 5.82. The van der Waals surface area contributed by atoms with Gasteiger partial charge in [0, 0.05) is 6.54 Å². The molecular weight excluding hydrogens is 298 g/mol. The number of hydrogen-bond acceptors (Lipinski definition) is 5. The molecule has 0 atom stereocenters. The van der Waals surface area contributed by atoms with Gasteiger partial charge in [0.15, 0.2) is 11.5 Å². The Labute approximate surface area is 142 Å². The van der Waals surface area contributed by atoms with E-state index < -0.39 is 0 Å². The van der Waals surface area contributed by atoms with E-state index in [1.165, 1.54) is 5.56 Å². The van der Waals surface area contributed by atoms with Crippen LogP contribution in [0, 0.1) is 39.0 Å². The summed E-state index contributed by atoms with van der Waals surface area (Å²) in [6.07, 6.45) is 3.38. The van der Waals surface area contributed by atoms with Crippen LogP contribution in [0.3, 0.4) is 0 Å². The standard InChI is InChI=1S/C19H21N5/c1-6-7-21-19-16(10-20)24-17(15(5)23-19)11-22-18-13(3)8-12(2)9-14(18)4/h6,8-9,11H,1,7H2,2-5H3,(H,21,23). The summed E-state index contributed by atoms with van der Waals surface area (Å²) in [5.41, 5.74) is 5.92. The van der Waals surface area contributed by atoms with Gasteiger partial charge in [0.2, 0.25) is 0 Å². The van der Waals surface area contributed by atoms with Crippen LogP contribution in [0.2, 0.25) is 0 Å². The van der Waals surface area contributed by atoms with Gasteiger partial charge in [-0.3, -0.25) is 4.99 Å². The molecule has 0 fully saturated rings. The summed E-state index contributed by atoms with van der Waals surface area (Å²) in [6.45, 7) is 12.2. The summed E-state index contributed by atoms with van der Waals surface area (Å²) in [6, 6.07) is 6.27. The fourth-order valence-electron chi connectivity index (χ4n) is 2.53. The van der Waals surface area contributed by atoms with Crippen molar-refractivity contribution >= 4 is 17.7 Å². The van der Waals surface area contributed by atoms with E-state index in [2.05, 4.69) is 52.0 Å². The zero-order valence-corrected chi connectivity index (χ0v) is 14.5. The number of aliphatic imine (C=N–C) groups is 1. The summed E-state index contributed by atoms with van der Waals surface area (Å²) in [4.78, 5) is 13.4. The van der Waals surface area contributed by atoms with Gasteiger partial charge in [0.05, 0.1) is 17.6 Å². The van der Waals surface area contributed by atoms with E-state index in [-0.39, 0.29) is 5.69 Å². The summed E-state index contributed by atoms with van der Waals surface area (Å²) in [7, 11) is 0. The molecule has 0 bridgehead atoms. The third kappa shape index (κ3) is 3.85. The van der Waals surface area contributed by atoms with Crippen molar-refractivity contribution in [3.8, 4) is 6.07 Å². The van der Waals surface area contributed by atoms with Crippen LogP contribution in [0.4, 0.5) is 11.5 Å². The van der Waals surface area contributed by atoms with Crippen LogP contribution in [0.15, 0.2) is 29.8 Å². The van der Waals surface area contributed by atoms with Crippen LogP contribution in [0.5, 0.6) is 0 Å². The van der Waals surface area contributed by atoms with E-state index in [4.69, 9.17) is 0 Å². The highest BCUT2D eigenvalue weighted by Crippen LogP contribution is 2.25. The van der Waals surface area contributed by atoms with Crippen LogP contribution in [-0.4, -0.2) is 22.7 Å². The fourth-order valence-corrected chi connectivity index (χ4v) is 2.53. The lowest BCUT2D eigenvalue weighted by atomic mass is 10.1. The normalized spacial score (nSPS) is 10.6. The van der Waals surface area contributed by atoms with Crippen LogP contribution < -0.4 is 5.32 Å². The molecule has 0 amide bonds. The highest BCUT2D eigenvalue weighted by Gasteiger charge is 2.10. The zero-order valence-electron chi connectivity index (χ0n) is 14.5. The van der Waals surface area contributed by atoms with E-state index in [0.29, 0.717) is 23.8 Å². The lowest BCUT2D eigenvalue weighted by Crippen LogP contribution is -2.08. The van der Waals surface area contributed by atoms with Crippen LogP contribution in [0.25, 0.3) is 0 Å². The molecule has 0 aliphatic rings. The van der Waals surface area contributed by atoms with Gasteiger partial charge in [-0.1, -0.05) is 23.8 Å². The summed E-state index contributed by atoms with van der Waals surface area (Å²) < 4.78 is 0. The lowest BCUT2D eigenvalue weighted by Gasteiger charge is -2.08. The maximum atomic E-state index is 9.27. The molecule has 0 aliphatic heterocycles. The van der Waals surface area contributed by atoms with Crippen LogP contribution >= 0.6 is 0 Å². The number of nitrogens with zero attached hydrogens (tertiary/aromatic N) is 4. The van der Waals surface area contributed by atoms with Gasteiger partial charge in [-0.2, -0.15) is 5.26 Å². The number of anilines is 1. The molecule has 0 saturated carbocycles. The Morgan fingerprint density at radius 3 is 2.46 bits per heavy atom. The molecule has 1 N–H and O–H groups in total. The van der Waals surface area contributed by atoms with Crippen molar-refractivity contribution in [3.63, 3.8) is 0 Å². The van der Waals surface area contributed by atoms with Crippen molar-refractivity contribution < 1.29 is 0 Å². The van der Waals surface area contributed by atoms with Gasteiger partial charge >= 0.3 is 0 Å². The van der Waals surface area contributed by atoms with E-state index in [1.54, 1.807) is 12.3 Å². The minimum Gasteiger partial charge on any atom is -0.364 e. The number of aromatic nitrogens is 2. The van der Waals surface area contributed by atoms with Crippen molar-refractivity contribution in [1.29, 1.82) is 5.26 Å². The predicted octanol–water partition coefficient (Wildman–Crippen LogP) is 3.93. The number of rotatable bonds is 5. The van der Waals surface area contributed by atoms with Crippen LogP contribution in [0.1, 0.15) is 33.8 Å². The van der Waals surface area contributed by atoms with Crippen molar-refractivity contribution in [2.45, 2.75) is 27.7 Å². The second kappa shape index (κ2) is 7.51. The minimum absolute atomic E-state index is 0.251. The SMILES string of the molecule is C=CCNc1nc(C)c(C=Nc2c(C)cc(C)cc2C)nc1C#N. The van der Waals surface area contributed by atoms with Crippen molar-refractivity contribution in [1.82, 2.24) is 9.97 Å². The third-order valence-electron chi connectivity index (χ3n) is 3.58. The predicted molar refractivity (Wildman–Crippen MR) is 98.1 cm³/mol. The summed E-state index contributed by atoms with van der Waals surface area (Å²) in [5.74, 6) is 0.467. The second-order valence-corrected chi connectivity index (χ2v) is 5.68. The zero-order chi connectivity index (χ0) is 17.7. The van der Waals surface area contributed by atoms with Gasteiger partial charge in [0.1, 0.15) is 11.8 Å². The number of hydrogen-bond donors (Lipinski definition) is 1. The molecule has 0 aliphatic carbocycles. The average Bonchev–Trinajstić information content (AvgIpc) is 2.53. The van der Waals surface area contributed by atoms with E-state index in [1.807, 2.05) is 20.8 Å². The van der Waals surface area contributed by atoms with Crippen molar-refractivity contribution in [3.05, 3.63) is 58.6 Å². The Morgan fingerprint density at radius 2 is 1.88 bits per heavy atom. The monoisotopic (exact) mass is 319 g/mol. The molecule has 0 saturated heterocycles. The van der Waals surface area contributed by atoms with Gasteiger partial charge < -0.3 is 5.32 Å². The highest BCUT2D eigenvalue weighted by atomic mass is 15.0. The first-order valence-electron chi connectivity index (χ1n) is 7.71. The molecule has 0 spiro atoms. The molecule has 1 aromatic heterocycles. The Morgan fingerprint density at radius 1 is 1.21 bits per heavy atom. The van der Waals surface area contributed by atoms with Crippen molar-refractivity contribution in [2.75, 3.05) is 11.9 Å². The first-order chi connectivity index (χ1) is 11.5. The fraction of sp³-hybridized carbons (Fsp3) is 0.263. The van der Waals surface area contributed by atoms with Gasteiger partial charge in [-0.05, 0) is 38.8 Å². The topological polar surface area (TPSA) is 74.0 Å². The third-order valence-corrected chi connectivity index (χ3v) is 3.58. The first-order valence-corrected chi connectivity index (χ1v) is 7.71. The Kier molecular flexibility index (Phi) is 5.43. The summed E-state index contributed by atoms with van der Waals surface area (Å²) >= 11 is 0. The maximum absolute atomic E-state index is 9.27. The molecule has 1 heterocycles. The Hall–Kier alpha value is -3.00. The molecule has 1 aromatic carbocycles. The minimum atomic E-state index is 0.251. The Balaban J connectivity index is 2.40. The van der Waals surface area contributed by atoms with E-state index in [9.17, 15) is 5.26 Å². The van der Waals surface area contributed by atoms with Gasteiger partial charge in [-0.25, -0.2) is 9.97 Å². The molecule has 2 aromatic rings. The molecule has 24 heavy (non-hydrogen) atoms. The van der Waals surface area contributed by atoms with E-state index in [0.717, 1.165) is 16.8 Å². The number of benzene rings is 1. The molecule has 122 valence electrons. The molecule has 5 heteroatoms. The maximum Gasteiger partial charge on any atom is 0.183 e.